The van der Waals surface area contributed by atoms with E-state index in [-0.39, 0.29) is 0 Å². The van der Waals surface area contributed by atoms with Crippen LogP contribution in [0.1, 0.15) is 28.4 Å². The van der Waals surface area contributed by atoms with Gasteiger partial charge >= 0.3 is 5.97 Å². The van der Waals surface area contributed by atoms with E-state index < -0.39 is 5.97 Å². The van der Waals surface area contributed by atoms with Crippen LogP contribution in [0.2, 0.25) is 0 Å². The Labute approximate surface area is 106 Å². The molecule has 0 spiro atoms. The fraction of sp³-hybridized carbons (Fsp3) is 0.200. The molecule has 0 fully saturated rings. The molecule has 2 rings (SSSR count). The van der Waals surface area contributed by atoms with E-state index in [1.54, 1.807) is 6.07 Å². The van der Waals surface area contributed by atoms with E-state index in [4.69, 9.17) is 0 Å². The number of aromatic nitrogens is 1. The van der Waals surface area contributed by atoms with Crippen LogP contribution in [-0.2, 0) is 7.05 Å². The minimum absolute atomic E-state index is 0.351. The maximum absolute atomic E-state index is 11.3. The number of aromatic carboxylic acids is 1. The van der Waals surface area contributed by atoms with Gasteiger partial charge in [-0.05, 0) is 31.5 Å². The second-order valence-electron chi connectivity index (χ2n) is 4.32. The van der Waals surface area contributed by atoms with Crippen molar-refractivity contribution in [2.45, 2.75) is 13.8 Å². The third-order valence-electron chi connectivity index (χ3n) is 3.12. The molecular weight excluding hydrogens is 226 g/mol. The first-order chi connectivity index (χ1) is 8.56. The zero-order valence-corrected chi connectivity index (χ0v) is 10.8. The van der Waals surface area contributed by atoms with Crippen molar-refractivity contribution in [2.75, 3.05) is 0 Å². The molecule has 1 heterocycles. The summed E-state index contributed by atoms with van der Waals surface area (Å²) in [6.45, 7) is 3.85. The standard InChI is InChI=1S/C15H15NO2/c1-4-6-12-10(2)14-11(7-5-8-16(14)3)9-13(12)15(17)18/h4-9H,1-3H3/p+1/b6-4-. The fourth-order valence-corrected chi connectivity index (χ4v) is 2.35. The summed E-state index contributed by atoms with van der Waals surface area (Å²) in [6, 6.07) is 5.59. The highest BCUT2D eigenvalue weighted by Crippen LogP contribution is 2.24. The molecule has 3 heteroatoms. The number of nitrogens with zero attached hydrogens (tertiary/aromatic N) is 1. The summed E-state index contributed by atoms with van der Waals surface area (Å²) in [4.78, 5) is 11.3. The largest absolute Gasteiger partial charge is 0.478 e. The molecule has 1 aromatic heterocycles. The molecule has 0 bridgehead atoms. The third kappa shape index (κ3) is 1.88. The number of pyridine rings is 1. The molecule has 0 aliphatic rings. The summed E-state index contributed by atoms with van der Waals surface area (Å²) in [5.74, 6) is -0.889. The number of fused-ring (bicyclic) bond motifs is 1. The van der Waals surface area contributed by atoms with E-state index in [9.17, 15) is 9.90 Å². The van der Waals surface area contributed by atoms with Crippen molar-refractivity contribution in [1.29, 1.82) is 0 Å². The number of carboxylic acids is 1. The lowest BCUT2D eigenvalue weighted by molar-refractivity contribution is -0.645. The summed E-state index contributed by atoms with van der Waals surface area (Å²) in [6.07, 6.45) is 5.68. The Morgan fingerprint density at radius 3 is 2.78 bits per heavy atom. The second-order valence-corrected chi connectivity index (χ2v) is 4.32. The summed E-state index contributed by atoms with van der Waals surface area (Å²) in [5.41, 5.74) is 3.19. The van der Waals surface area contributed by atoms with Gasteiger partial charge in [0.2, 0.25) is 5.52 Å². The molecule has 0 amide bonds. The average Bonchev–Trinajstić information content (AvgIpc) is 2.32. The predicted octanol–water partition coefficient (Wildman–Crippen LogP) is 2.70. The lowest BCUT2D eigenvalue weighted by Gasteiger charge is -2.08. The molecule has 1 aromatic carbocycles. The van der Waals surface area contributed by atoms with Gasteiger partial charge in [-0.25, -0.2) is 9.36 Å². The SMILES string of the molecule is C/C=C\c1c(C(=O)O)cc2ccc[n+](C)c2c1C. The zero-order chi connectivity index (χ0) is 13.3. The highest BCUT2D eigenvalue weighted by atomic mass is 16.4. The molecule has 0 atom stereocenters. The lowest BCUT2D eigenvalue weighted by Crippen LogP contribution is -2.29. The number of allylic oxidation sites excluding steroid dienone is 1. The maximum atomic E-state index is 11.3. The van der Waals surface area contributed by atoms with E-state index >= 15 is 0 Å². The Hall–Kier alpha value is -2.16. The van der Waals surface area contributed by atoms with E-state index in [0.29, 0.717) is 5.56 Å². The number of aryl methyl sites for hydroxylation is 2. The minimum atomic E-state index is -0.889. The van der Waals surface area contributed by atoms with Gasteiger partial charge in [-0.3, -0.25) is 0 Å². The van der Waals surface area contributed by atoms with Crippen LogP contribution in [0, 0.1) is 6.92 Å². The van der Waals surface area contributed by atoms with Crippen LogP contribution in [0.15, 0.2) is 30.5 Å². The second kappa shape index (κ2) is 4.61. The molecule has 92 valence electrons. The van der Waals surface area contributed by atoms with E-state index in [1.807, 2.05) is 55.9 Å². The van der Waals surface area contributed by atoms with Crippen LogP contribution in [0.3, 0.4) is 0 Å². The quantitative estimate of drug-likeness (QED) is 0.823. The Balaban J connectivity index is 2.95. The number of hydrogen-bond acceptors (Lipinski definition) is 1. The highest BCUT2D eigenvalue weighted by molar-refractivity contribution is 5.98. The van der Waals surface area contributed by atoms with Crippen molar-refractivity contribution in [2.24, 2.45) is 7.05 Å². The van der Waals surface area contributed by atoms with Gasteiger partial charge in [0.05, 0.1) is 5.56 Å². The first-order valence-electron chi connectivity index (χ1n) is 5.84. The first kappa shape index (κ1) is 12.3. The van der Waals surface area contributed by atoms with Crippen LogP contribution < -0.4 is 4.57 Å². The Bertz CT molecular complexity index is 657. The first-order valence-corrected chi connectivity index (χ1v) is 5.84. The fourth-order valence-electron chi connectivity index (χ4n) is 2.35. The van der Waals surface area contributed by atoms with Gasteiger partial charge in [-0.15, -0.1) is 0 Å². The maximum Gasteiger partial charge on any atom is 0.336 e. The summed E-state index contributed by atoms with van der Waals surface area (Å²) < 4.78 is 2.02. The van der Waals surface area contributed by atoms with Gasteiger partial charge in [0.15, 0.2) is 6.20 Å². The van der Waals surface area contributed by atoms with Crippen molar-refractivity contribution in [3.8, 4) is 0 Å². The van der Waals surface area contributed by atoms with Crippen LogP contribution in [0.4, 0.5) is 0 Å². The predicted molar refractivity (Wildman–Crippen MR) is 71.5 cm³/mol. The normalized spacial score (nSPS) is 11.3. The summed E-state index contributed by atoms with van der Waals surface area (Å²) >= 11 is 0. The number of benzene rings is 1. The summed E-state index contributed by atoms with van der Waals surface area (Å²) in [7, 11) is 1.97. The van der Waals surface area contributed by atoms with Crippen molar-refractivity contribution in [3.63, 3.8) is 0 Å². The summed E-state index contributed by atoms with van der Waals surface area (Å²) in [5, 5.41) is 10.3. The van der Waals surface area contributed by atoms with Gasteiger partial charge in [-0.1, -0.05) is 12.2 Å². The van der Waals surface area contributed by atoms with E-state index in [1.165, 1.54) is 0 Å². The van der Waals surface area contributed by atoms with Crippen LogP contribution in [0.5, 0.6) is 0 Å². The number of carboxylic acid groups (broad SMARTS) is 1. The molecule has 3 nitrogen and oxygen atoms in total. The van der Waals surface area contributed by atoms with Crippen molar-refractivity contribution in [3.05, 3.63) is 47.2 Å². The minimum Gasteiger partial charge on any atom is -0.478 e. The van der Waals surface area contributed by atoms with Crippen molar-refractivity contribution < 1.29 is 14.5 Å². The van der Waals surface area contributed by atoms with Crippen LogP contribution in [0.25, 0.3) is 17.0 Å². The Morgan fingerprint density at radius 2 is 2.17 bits per heavy atom. The van der Waals surface area contributed by atoms with E-state index in [2.05, 4.69) is 0 Å². The smallest absolute Gasteiger partial charge is 0.336 e. The molecule has 0 radical (unpaired) electrons. The molecular formula is C15H16NO2+. The van der Waals surface area contributed by atoms with E-state index in [0.717, 1.165) is 22.0 Å². The van der Waals surface area contributed by atoms with Gasteiger partial charge < -0.3 is 5.11 Å². The molecule has 0 aliphatic carbocycles. The molecule has 0 unspecified atom stereocenters. The highest BCUT2D eigenvalue weighted by Gasteiger charge is 2.18. The molecule has 18 heavy (non-hydrogen) atoms. The number of rotatable bonds is 2. The van der Waals surface area contributed by atoms with Gasteiger partial charge in [-0.2, -0.15) is 0 Å². The lowest BCUT2D eigenvalue weighted by atomic mass is 9.97. The van der Waals surface area contributed by atoms with Crippen molar-refractivity contribution >= 4 is 22.9 Å². The number of hydrogen-bond donors (Lipinski definition) is 1. The third-order valence-corrected chi connectivity index (χ3v) is 3.12. The van der Waals surface area contributed by atoms with Gasteiger partial charge in [0, 0.05) is 17.0 Å². The topological polar surface area (TPSA) is 41.2 Å². The average molecular weight is 242 g/mol. The molecule has 0 saturated heterocycles. The molecule has 0 aliphatic heterocycles. The van der Waals surface area contributed by atoms with Crippen LogP contribution >= 0.6 is 0 Å². The van der Waals surface area contributed by atoms with Gasteiger partial charge in [0.1, 0.15) is 7.05 Å². The Morgan fingerprint density at radius 1 is 1.44 bits per heavy atom. The van der Waals surface area contributed by atoms with Crippen molar-refractivity contribution in [1.82, 2.24) is 0 Å². The Kier molecular flexibility index (Phi) is 3.15. The van der Waals surface area contributed by atoms with Gasteiger partial charge in [0.25, 0.3) is 0 Å². The molecule has 2 aromatic rings. The molecule has 1 N–H and O–H groups in total. The molecule has 0 saturated carbocycles. The zero-order valence-electron chi connectivity index (χ0n) is 10.8. The number of carbonyl (C=O) groups is 1. The van der Waals surface area contributed by atoms with Crippen LogP contribution in [-0.4, -0.2) is 11.1 Å². The monoisotopic (exact) mass is 242 g/mol.